The third kappa shape index (κ3) is 2.70. The van der Waals surface area contributed by atoms with E-state index in [9.17, 15) is 8.42 Å². The van der Waals surface area contributed by atoms with Crippen molar-refractivity contribution in [3.8, 4) is 0 Å². The van der Waals surface area contributed by atoms with Crippen LogP contribution in [0.25, 0.3) is 11.1 Å². The molecule has 0 bridgehead atoms. The van der Waals surface area contributed by atoms with Gasteiger partial charge in [-0.3, -0.25) is 0 Å². The summed E-state index contributed by atoms with van der Waals surface area (Å²) in [4.78, 5) is 4.35. The van der Waals surface area contributed by atoms with Gasteiger partial charge >= 0.3 is 0 Å². The first-order chi connectivity index (χ1) is 8.53. The first kappa shape index (κ1) is 13.0. The molecule has 1 heterocycles. The zero-order valence-corrected chi connectivity index (χ0v) is 11.3. The van der Waals surface area contributed by atoms with Gasteiger partial charge in [-0.05, 0) is 24.6 Å². The Kier molecular flexibility index (Phi) is 3.68. The fraction of sp³-hybridized carbons (Fsp3) is 0.417. The van der Waals surface area contributed by atoms with Crippen molar-refractivity contribution < 1.29 is 12.8 Å². The Morgan fingerprint density at radius 2 is 2.17 bits per heavy atom. The Bertz CT molecular complexity index is 646. The normalized spacial score (nSPS) is 12.1. The third-order valence-electron chi connectivity index (χ3n) is 2.60. The summed E-state index contributed by atoms with van der Waals surface area (Å²) in [6, 6.07) is 4.69. The topological polar surface area (TPSA) is 72.2 Å². The van der Waals surface area contributed by atoms with Gasteiger partial charge in [-0.1, -0.05) is 13.3 Å². The van der Waals surface area contributed by atoms with Gasteiger partial charge in [0.15, 0.2) is 11.5 Å². The molecule has 0 atom stereocenters. The van der Waals surface area contributed by atoms with Crippen LogP contribution in [0, 0.1) is 6.92 Å². The van der Waals surface area contributed by atoms with Crippen LogP contribution in [0.3, 0.4) is 0 Å². The molecule has 0 aliphatic heterocycles. The molecule has 1 aromatic carbocycles. The monoisotopic (exact) mass is 268 g/mol. The molecule has 1 aromatic heterocycles. The SMILES string of the molecule is CCCCNS(=O)(=O)c1ccc2oc(C)nc2c1. The van der Waals surface area contributed by atoms with Crippen LogP contribution in [-0.4, -0.2) is 19.9 Å². The molecule has 1 N–H and O–H groups in total. The summed E-state index contributed by atoms with van der Waals surface area (Å²) < 4.78 is 31.8. The smallest absolute Gasteiger partial charge is 0.240 e. The molecule has 0 aliphatic rings. The van der Waals surface area contributed by atoms with E-state index in [1.807, 2.05) is 6.92 Å². The summed E-state index contributed by atoms with van der Waals surface area (Å²) >= 11 is 0. The molecule has 0 spiro atoms. The molecule has 2 aromatic rings. The number of unbranched alkanes of at least 4 members (excludes halogenated alkanes) is 1. The lowest BCUT2D eigenvalue weighted by molar-refractivity contribution is 0.561. The summed E-state index contributed by atoms with van der Waals surface area (Å²) in [6.07, 6.45) is 1.77. The average Bonchev–Trinajstić information content (AvgIpc) is 2.68. The number of benzene rings is 1. The second kappa shape index (κ2) is 5.07. The van der Waals surface area contributed by atoms with Crippen LogP contribution in [0.4, 0.5) is 0 Å². The van der Waals surface area contributed by atoms with Gasteiger partial charge in [0.25, 0.3) is 0 Å². The molecule has 0 fully saturated rings. The zero-order chi connectivity index (χ0) is 13.2. The molecule has 98 valence electrons. The van der Waals surface area contributed by atoms with Gasteiger partial charge in [-0.15, -0.1) is 0 Å². The van der Waals surface area contributed by atoms with Crippen LogP contribution in [0.15, 0.2) is 27.5 Å². The van der Waals surface area contributed by atoms with Crippen molar-refractivity contribution in [2.75, 3.05) is 6.54 Å². The van der Waals surface area contributed by atoms with E-state index in [0.29, 0.717) is 23.5 Å². The van der Waals surface area contributed by atoms with Crippen LogP contribution in [0.1, 0.15) is 25.7 Å². The highest BCUT2D eigenvalue weighted by atomic mass is 32.2. The van der Waals surface area contributed by atoms with E-state index in [0.717, 1.165) is 12.8 Å². The number of sulfonamides is 1. The lowest BCUT2D eigenvalue weighted by atomic mass is 10.3. The molecule has 2 rings (SSSR count). The molecule has 0 saturated heterocycles. The third-order valence-corrected chi connectivity index (χ3v) is 4.06. The van der Waals surface area contributed by atoms with Crippen LogP contribution in [0.5, 0.6) is 0 Å². The van der Waals surface area contributed by atoms with Crippen molar-refractivity contribution in [2.45, 2.75) is 31.6 Å². The maximum absolute atomic E-state index is 12.0. The minimum absolute atomic E-state index is 0.222. The summed E-state index contributed by atoms with van der Waals surface area (Å²) in [5, 5.41) is 0. The molecular formula is C12H16N2O3S. The van der Waals surface area contributed by atoms with E-state index < -0.39 is 10.0 Å². The predicted molar refractivity (Wildman–Crippen MR) is 68.8 cm³/mol. The Morgan fingerprint density at radius 3 is 2.89 bits per heavy atom. The summed E-state index contributed by atoms with van der Waals surface area (Å²) in [5.41, 5.74) is 1.16. The van der Waals surface area contributed by atoms with Crippen molar-refractivity contribution >= 4 is 21.1 Å². The van der Waals surface area contributed by atoms with E-state index in [1.54, 1.807) is 13.0 Å². The Labute approximate surface area is 106 Å². The minimum atomic E-state index is -3.45. The first-order valence-electron chi connectivity index (χ1n) is 5.90. The summed E-state index contributed by atoms with van der Waals surface area (Å²) in [6.45, 7) is 4.20. The maximum Gasteiger partial charge on any atom is 0.240 e. The quantitative estimate of drug-likeness (QED) is 0.844. The van der Waals surface area contributed by atoms with E-state index in [1.165, 1.54) is 12.1 Å². The maximum atomic E-state index is 12.0. The number of nitrogens with one attached hydrogen (secondary N) is 1. The second-order valence-corrected chi connectivity index (χ2v) is 5.88. The lowest BCUT2D eigenvalue weighted by Crippen LogP contribution is -2.24. The number of rotatable bonds is 5. The molecular weight excluding hydrogens is 252 g/mol. The van der Waals surface area contributed by atoms with Gasteiger partial charge in [0.2, 0.25) is 10.0 Å². The van der Waals surface area contributed by atoms with Gasteiger partial charge in [-0.2, -0.15) is 0 Å². The summed E-state index contributed by atoms with van der Waals surface area (Å²) in [5.74, 6) is 0.526. The molecule has 18 heavy (non-hydrogen) atoms. The molecule has 0 aliphatic carbocycles. The van der Waals surface area contributed by atoms with Crippen molar-refractivity contribution in [3.05, 3.63) is 24.1 Å². The average molecular weight is 268 g/mol. The molecule has 6 heteroatoms. The minimum Gasteiger partial charge on any atom is -0.441 e. The molecule has 5 nitrogen and oxygen atoms in total. The van der Waals surface area contributed by atoms with E-state index in [-0.39, 0.29) is 4.90 Å². The number of oxazole rings is 1. The van der Waals surface area contributed by atoms with Crippen LogP contribution >= 0.6 is 0 Å². The number of fused-ring (bicyclic) bond motifs is 1. The first-order valence-corrected chi connectivity index (χ1v) is 7.38. The van der Waals surface area contributed by atoms with Gasteiger partial charge in [0, 0.05) is 13.5 Å². The van der Waals surface area contributed by atoms with Gasteiger partial charge in [0.1, 0.15) is 5.52 Å². The highest BCUT2D eigenvalue weighted by Crippen LogP contribution is 2.19. The fourth-order valence-corrected chi connectivity index (χ4v) is 2.75. The van der Waals surface area contributed by atoms with Crippen LogP contribution in [0.2, 0.25) is 0 Å². The Hall–Kier alpha value is -1.40. The van der Waals surface area contributed by atoms with Gasteiger partial charge < -0.3 is 4.42 Å². The fourth-order valence-electron chi connectivity index (χ4n) is 1.66. The van der Waals surface area contributed by atoms with Crippen molar-refractivity contribution in [2.24, 2.45) is 0 Å². The lowest BCUT2D eigenvalue weighted by Gasteiger charge is -2.05. The zero-order valence-electron chi connectivity index (χ0n) is 10.4. The highest BCUT2D eigenvalue weighted by molar-refractivity contribution is 7.89. The Balaban J connectivity index is 2.29. The summed E-state index contributed by atoms with van der Waals surface area (Å²) in [7, 11) is -3.45. The highest BCUT2D eigenvalue weighted by Gasteiger charge is 2.15. The van der Waals surface area contributed by atoms with E-state index in [4.69, 9.17) is 4.42 Å². The van der Waals surface area contributed by atoms with E-state index >= 15 is 0 Å². The number of aromatic nitrogens is 1. The largest absolute Gasteiger partial charge is 0.441 e. The van der Waals surface area contributed by atoms with Crippen molar-refractivity contribution in [1.29, 1.82) is 0 Å². The van der Waals surface area contributed by atoms with Crippen molar-refractivity contribution in [3.63, 3.8) is 0 Å². The van der Waals surface area contributed by atoms with Crippen LogP contribution in [-0.2, 0) is 10.0 Å². The number of nitrogens with zero attached hydrogens (tertiary/aromatic N) is 1. The molecule has 0 saturated carbocycles. The Morgan fingerprint density at radius 1 is 1.39 bits per heavy atom. The predicted octanol–water partition coefficient (Wildman–Crippen LogP) is 2.21. The molecule has 0 radical (unpaired) electrons. The van der Waals surface area contributed by atoms with Crippen LogP contribution < -0.4 is 4.72 Å². The number of hydrogen-bond donors (Lipinski definition) is 1. The van der Waals surface area contributed by atoms with Gasteiger partial charge in [0.05, 0.1) is 4.90 Å². The number of aryl methyl sites for hydroxylation is 1. The molecule has 0 amide bonds. The number of hydrogen-bond acceptors (Lipinski definition) is 4. The standard InChI is InChI=1S/C12H16N2O3S/c1-3-4-7-13-18(15,16)10-5-6-12-11(8-10)14-9(2)17-12/h5-6,8,13H,3-4,7H2,1-2H3. The van der Waals surface area contributed by atoms with Crippen molar-refractivity contribution in [1.82, 2.24) is 9.71 Å². The van der Waals surface area contributed by atoms with E-state index in [2.05, 4.69) is 9.71 Å². The molecule has 0 unspecified atom stereocenters. The second-order valence-electron chi connectivity index (χ2n) is 4.11. The van der Waals surface area contributed by atoms with Gasteiger partial charge in [-0.25, -0.2) is 18.1 Å².